The van der Waals surface area contributed by atoms with Crippen LogP contribution in [0.3, 0.4) is 0 Å². The molecule has 0 saturated heterocycles. The molecule has 0 spiro atoms. The summed E-state index contributed by atoms with van der Waals surface area (Å²) in [4.78, 5) is 0. The predicted molar refractivity (Wildman–Crippen MR) is 74.7 cm³/mol. The molecule has 2 N–H and O–H groups in total. The van der Waals surface area contributed by atoms with Gasteiger partial charge in [0, 0.05) is 5.25 Å². The summed E-state index contributed by atoms with van der Waals surface area (Å²) in [6.07, 6.45) is 4.70. The molecule has 1 saturated carbocycles. The molecular weight excluding hydrogens is 250 g/mol. The Bertz CT molecular complexity index is 364. The van der Waals surface area contributed by atoms with E-state index in [1.807, 2.05) is 17.5 Å². The molecule has 1 heterocycles. The summed E-state index contributed by atoms with van der Waals surface area (Å²) < 4.78 is 13.6. The molecule has 0 bridgehead atoms. The fourth-order valence-electron chi connectivity index (χ4n) is 2.70. The molecule has 4 heteroatoms. The average molecular weight is 271 g/mol. The molecular formula is C13H21NOS2. The highest BCUT2D eigenvalue weighted by Crippen LogP contribution is 2.36. The lowest BCUT2D eigenvalue weighted by Crippen LogP contribution is -2.37. The molecule has 1 aromatic rings. The number of rotatable bonds is 4. The lowest BCUT2D eigenvalue weighted by molar-refractivity contribution is 0.280. The standard InChI is InChI=1S/C13H21NOS2/c1-2-10-5-6-11(9-14)12(8-10)17(15)13-4-3-7-16-13/h3-4,7,10-12H,2,5-6,8-9,14H2,1H3. The topological polar surface area (TPSA) is 43.1 Å². The Hall–Kier alpha value is -0.190. The maximum atomic E-state index is 12.6. The zero-order valence-corrected chi connectivity index (χ0v) is 11.9. The number of nitrogens with two attached hydrogens (primary N) is 1. The lowest BCUT2D eigenvalue weighted by atomic mass is 9.80. The third kappa shape index (κ3) is 2.98. The highest BCUT2D eigenvalue weighted by atomic mass is 32.2. The fraction of sp³-hybridized carbons (Fsp3) is 0.692. The normalized spacial score (nSPS) is 31.3. The molecule has 4 unspecified atom stereocenters. The molecule has 4 atom stereocenters. The van der Waals surface area contributed by atoms with Gasteiger partial charge in [0.25, 0.3) is 0 Å². The van der Waals surface area contributed by atoms with Crippen LogP contribution in [0, 0.1) is 11.8 Å². The van der Waals surface area contributed by atoms with E-state index in [-0.39, 0.29) is 5.25 Å². The van der Waals surface area contributed by atoms with Crippen LogP contribution in [0.25, 0.3) is 0 Å². The monoisotopic (exact) mass is 271 g/mol. The third-order valence-corrected chi connectivity index (χ3v) is 6.99. The molecule has 0 aliphatic heterocycles. The molecule has 1 aliphatic rings. The van der Waals surface area contributed by atoms with Crippen LogP contribution in [0.2, 0.25) is 0 Å². The van der Waals surface area contributed by atoms with Crippen molar-refractivity contribution in [1.82, 2.24) is 0 Å². The van der Waals surface area contributed by atoms with Crippen molar-refractivity contribution in [2.24, 2.45) is 17.6 Å². The molecule has 0 aromatic carbocycles. The van der Waals surface area contributed by atoms with Crippen molar-refractivity contribution in [2.45, 2.75) is 42.1 Å². The van der Waals surface area contributed by atoms with E-state index in [1.165, 1.54) is 12.8 Å². The van der Waals surface area contributed by atoms with Crippen LogP contribution in [-0.2, 0) is 10.8 Å². The van der Waals surface area contributed by atoms with Crippen LogP contribution in [0.4, 0.5) is 0 Å². The number of hydrogen-bond donors (Lipinski definition) is 1. The van der Waals surface area contributed by atoms with Crippen molar-refractivity contribution in [1.29, 1.82) is 0 Å². The van der Waals surface area contributed by atoms with Gasteiger partial charge in [0.2, 0.25) is 0 Å². The Morgan fingerprint density at radius 3 is 2.94 bits per heavy atom. The Morgan fingerprint density at radius 1 is 1.53 bits per heavy atom. The highest BCUT2D eigenvalue weighted by Gasteiger charge is 2.33. The maximum Gasteiger partial charge on any atom is 0.0913 e. The zero-order chi connectivity index (χ0) is 12.3. The van der Waals surface area contributed by atoms with E-state index in [0.29, 0.717) is 12.5 Å². The van der Waals surface area contributed by atoms with E-state index < -0.39 is 10.8 Å². The molecule has 0 radical (unpaired) electrons. The average Bonchev–Trinajstić information content (AvgIpc) is 2.91. The Labute approximate surface area is 110 Å². The Kier molecular flexibility index (Phi) is 4.77. The largest absolute Gasteiger partial charge is 0.330 e. The van der Waals surface area contributed by atoms with Gasteiger partial charge in [-0.25, -0.2) is 0 Å². The van der Waals surface area contributed by atoms with Gasteiger partial charge < -0.3 is 5.73 Å². The molecule has 1 aromatic heterocycles. The maximum absolute atomic E-state index is 12.6. The van der Waals surface area contributed by atoms with Crippen LogP contribution in [-0.4, -0.2) is 16.0 Å². The summed E-state index contributed by atoms with van der Waals surface area (Å²) in [5.41, 5.74) is 5.84. The summed E-state index contributed by atoms with van der Waals surface area (Å²) >= 11 is 1.61. The van der Waals surface area contributed by atoms with E-state index in [9.17, 15) is 4.21 Å². The van der Waals surface area contributed by atoms with E-state index >= 15 is 0 Å². The van der Waals surface area contributed by atoms with Crippen molar-refractivity contribution in [3.05, 3.63) is 17.5 Å². The second kappa shape index (κ2) is 6.12. The first-order chi connectivity index (χ1) is 8.26. The van der Waals surface area contributed by atoms with Crippen LogP contribution >= 0.6 is 11.3 Å². The van der Waals surface area contributed by atoms with Crippen LogP contribution in [0.1, 0.15) is 32.6 Å². The first kappa shape index (κ1) is 13.2. The minimum absolute atomic E-state index is 0.275. The summed E-state index contributed by atoms with van der Waals surface area (Å²) in [6.45, 7) is 2.91. The van der Waals surface area contributed by atoms with Crippen LogP contribution in [0.5, 0.6) is 0 Å². The molecule has 1 aliphatic carbocycles. The fourth-order valence-corrected chi connectivity index (χ4v) is 5.62. The SMILES string of the molecule is CCC1CCC(CN)C(S(=O)c2cccs2)C1. The van der Waals surface area contributed by atoms with Crippen LogP contribution < -0.4 is 5.73 Å². The van der Waals surface area contributed by atoms with E-state index in [4.69, 9.17) is 5.73 Å². The van der Waals surface area contributed by atoms with Gasteiger partial charge >= 0.3 is 0 Å². The minimum Gasteiger partial charge on any atom is -0.330 e. The summed E-state index contributed by atoms with van der Waals surface area (Å²) in [5, 5.41) is 2.28. The molecule has 96 valence electrons. The van der Waals surface area contributed by atoms with E-state index in [1.54, 1.807) is 11.3 Å². The summed E-state index contributed by atoms with van der Waals surface area (Å²) in [7, 11) is -0.852. The van der Waals surface area contributed by atoms with E-state index in [2.05, 4.69) is 6.92 Å². The minimum atomic E-state index is -0.852. The number of thiophene rings is 1. The van der Waals surface area contributed by atoms with Gasteiger partial charge in [-0.2, -0.15) is 0 Å². The van der Waals surface area contributed by atoms with Crippen molar-refractivity contribution in [3.8, 4) is 0 Å². The van der Waals surface area contributed by atoms with Gasteiger partial charge in [-0.3, -0.25) is 4.21 Å². The molecule has 2 nitrogen and oxygen atoms in total. The molecule has 2 rings (SSSR count). The Morgan fingerprint density at radius 2 is 2.35 bits per heavy atom. The van der Waals surface area contributed by atoms with Gasteiger partial charge in [-0.1, -0.05) is 25.8 Å². The summed E-state index contributed by atoms with van der Waals surface area (Å²) in [6, 6.07) is 3.97. The molecule has 17 heavy (non-hydrogen) atoms. The lowest BCUT2D eigenvalue weighted by Gasteiger charge is -2.34. The van der Waals surface area contributed by atoms with Crippen molar-refractivity contribution >= 4 is 22.1 Å². The second-order valence-electron chi connectivity index (χ2n) is 4.85. The zero-order valence-electron chi connectivity index (χ0n) is 10.3. The van der Waals surface area contributed by atoms with Gasteiger partial charge in [-0.15, -0.1) is 11.3 Å². The van der Waals surface area contributed by atoms with Gasteiger partial charge in [-0.05, 0) is 42.7 Å². The van der Waals surface area contributed by atoms with Gasteiger partial charge in [0.05, 0.1) is 15.0 Å². The van der Waals surface area contributed by atoms with Gasteiger partial charge in [0.1, 0.15) is 0 Å². The predicted octanol–water partition coefficient (Wildman–Crippen LogP) is 3.01. The second-order valence-corrected chi connectivity index (χ2v) is 7.70. The van der Waals surface area contributed by atoms with Crippen molar-refractivity contribution < 1.29 is 4.21 Å². The first-order valence-electron chi connectivity index (χ1n) is 6.40. The number of hydrogen-bond acceptors (Lipinski definition) is 3. The molecule has 0 amide bonds. The van der Waals surface area contributed by atoms with Crippen LogP contribution in [0.15, 0.2) is 21.7 Å². The van der Waals surface area contributed by atoms with Gasteiger partial charge in [0.15, 0.2) is 0 Å². The highest BCUT2D eigenvalue weighted by molar-refractivity contribution is 7.87. The van der Waals surface area contributed by atoms with Crippen molar-refractivity contribution in [2.75, 3.05) is 6.54 Å². The third-order valence-electron chi connectivity index (χ3n) is 3.89. The quantitative estimate of drug-likeness (QED) is 0.915. The first-order valence-corrected chi connectivity index (χ1v) is 8.49. The molecule has 1 fully saturated rings. The van der Waals surface area contributed by atoms with Crippen molar-refractivity contribution in [3.63, 3.8) is 0 Å². The smallest absolute Gasteiger partial charge is 0.0913 e. The Balaban J connectivity index is 2.12. The van der Waals surface area contributed by atoms with E-state index in [0.717, 1.165) is 23.0 Å². The summed E-state index contributed by atoms with van der Waals surface area (Å²) in [5.74, 6) is 1.19.